The number of fused-ring (bicyclic) bond motifs is 1. The van der Waals surface area contributed by atoms with E-state index in [0.717, 1.165) is 0 Å². The molecule has 1 aliphatic rings. The Labute approximate surface area is 119 Å². The number of imidazole rings is 1. The van der Waals surface area contributed by atoms with Gasteiger partial charge >= 0.3 is 0 Å². The molecule has 0 amide bonds. The highest BCUT2D eigenvalue weighted by Crippen LogP contribution is 2.33. The lowest BCUT2D eigenvalue weighted by molar-refractivity contribution is 0.0259. The zero-order chi connectivity index (χ0) is 15.1. The smallest absolute Gasteiger partial charge is 0.166 e. The highest BCUT2D eigenvalue weighted by atomic mass is 16.3. The van der Waals surface area contributed by atoms with Crippen molar-refractivity contribution in [2.45, 2.75) is 24.4 Å². The van der Waals surface area contributed by atoms with Gasteiger partial charge in [-0.2, -0.15) is 0 Å². The Balaban J connectivity index is 2.09. The number of anilines is 1. The molecule has 0 radical (unpaired) electrons. The fraction of sp³-hybridized carbons (Fsp3) is 0.308. The number of aromatic nitrogens is 4. The summed E-state index contributed by atoms with van der Waals surface area (Å²) in [4.78, 5) is 12.0. The van der Waals surface area contributed by atoms with E-state index < -0.39 is 24.4 Å². The monoisotopic (exact) mass is 287 g/mol. The number of nitrogens with zero attached hydrogens (tertiary/aromatic N) is 4. The summed E-state index contributed by atoms with van der Waals surface area (Å²) in [5.74, 6) is 2.34. The molecule has 0 aromatic carbocycles. The number of rotatable bonds is 2. The molecule has 21 heavy (non-hydrogen) atoms. The second-order valence-corrected chi connectivity index (χ2v) is 4.74. The van der Waals surface area contributed by atoms with Crippen molar-refractivity contribution in [3.63, 3.8) is 0 Å². The third-order valence-electron chi connectivity index (χ3n) is 3.56. The molecule has 1 aliphatic carbocycles. The Bertz CT molecular complexity index is 763. The second kappa shape index (κ2) is 4.82. The van der Waals surface area contributed by atoms with Crippen LogP contribution in [0, 0.1) is 12.3 Å². The van der Waals surface area contributed by atoms with E-state index in [1.807, 2.05) is 0 Å². The Hall–Kier alpha value is -2.47. The molecular weight excluding hydrogens is 274 g/mol. The highest BCUT2D eigenvalue weighted by molar-refractivity contribution is 5.81. The van der Waals surface area contributed by atoms with E-state index in [2.05, 4.69) is 20.9 Å². The summed E-state index contributed by atoms with van der Waals surface area (Å²) in [6.45, 7) is 0. The molecule has 0 spiro atoms. The largest absolute Gasteiger partial charge is 0.388 e. The predicted molar refractivity (Wildman–Crippen MR) is 73.7 cm³/mol. The maximum Gasteiger partial charge on any atom is 0.166 e. The molecule has 2 heterocycles. The molecule has 0 unspecified atom stereocenters. The predicted octanol–water partition coefficient (Wildman–Crippen LogP) is -1.39. The molecule has 8 heteroatoms. The van der Waals surface area contributed by atoms with Gasteiger partial charge in [0, 0.05) is 0 Å². The molecule has 0 bridgehead atoms. The lowest BCUT2D eigenvalue weighted by atomic mass is 10.1. The van der Waals surface area contributed by atoms with Crippen molar-refractivity contribution >= 4 is 17.0 Å². The van der Waals surface area contributed by atoms with Crippen molar-refractivity contribution in [2.24, 2.45) is 0 Å². The van der Waals surface area contributed by atoms with Gasteiger partial charge in [-0.25, -0.2) is 15.0 Å². The minimum atomic E-state index is -1.26. The van der Waals surface area contributed by atoms with Gasteiger partial charge in [-0.3, -0.25) is 0 Å². The van der Waals surface area contributed by atoms with Gasteiger partial charge in [-0.1, -0.05) is 12.0 Å². The van der Waals surface area contributed by atoms with Crippen LogP contribution in [-0.4, -0.2) is 53.2 Å². The molecule has 0 fully saturated rings. The molecule has 8 nitrogen and oxygen atoms in total. The van der Waals surface area contributed by atoms with Crippen LogP contribution >= 0.6 is 0 Å². The van der Waals surface area contributed by atoms with E-state index in [4.69, 9.17) is 12.2 Å². The van der Waals surface area contributed by atoms with Gasteiger partial charge in [0.25, 0.3) is 0 Å². The first-order valence-corrected chi connectivity index (χ1v) is 6.19. The van der Waals surface area contributed by atoms with E-state index >= 15 is 0 Å². The quantitative estimate of drug-likeness (QED) is 0.395. The van der Waals surface area contributed by atoms with Crippen LogP contribution in [0.15, 0.2) is 24.3 Å². The van der Waals surface area contributed by atoms with Gasteiger partial charge < -0.3 is 25.6 Å². The first-order chi connectivity index (χ1) is 10.0. The van der Waals surface area contributed by atoms with E-state index in [0.29, 0.717) is 11.2 Å². The minimum absolute atomic E-state index is 0.180. The topological polar surface area (TPSA) is 130 Å². The fourth-order valence-electron chi connectivity index (χ4n) is 2.46. The van der Waals surface area contributed by atoms with Crippen LogP contribution < -0.4 is 5.73 Å². The third kappa shape index (κ3) is 1.95. The SMILES string of the molecule is C#C[C@@H](O)C1=C[C@@H](n2cnc3c(N)ncnc32)[C@H](O)[C@@H]1O. The van der Waals surface area contributed by atoms with Gasteiger partial charge in [0.05, 0.1) is 12.4 Å². The Morgan fingerprint density at radius 2 is 2.10 bits per heavy atom. The fourth-order valence-corrected chi connectivity index (χ4v) is 2.46. The van der Waals surface area contributed by atoms with Crippen LogP contribution in [0.4, 0.5) is 5.82 Å². The first-order valence-electron chi connectivity index (χ1n) is 6.19. The van der Waals surface area contributed by atoms with Crippen molar-refractivity contribution in [1.82, 2.24) is 19.5 Å². The van der Waals surface area contributed by atoms with Crippen LogP contribution in [0.5, 0.6) is 0 Å². The molecule has 0 saturated carbocycles. The summed E-state index contributed by atoms with van der Waals surface area (Å²) in [7, 11) is 0. The van der Waals surface area contributed by atoms with Crippen LogP contribution in [0.3, 0.4) is 0 Å². The van der Waals surface area contributed by atoms with Crippen LogP contribution in [0.25, 0.3) is 11.2 Å². The van der Waals surface area contributed by atoms with Crippen molar-refractivity contribution < 1.29 is 15.3 Å². The number of hydrogen-bond acceptors (Lipinski definition) is 7. The Morgan fingerprint density at radius 3 is 2.81 bits per heavy atom. The number of nitrogen functional groups attached to an aromatic ring is 1. The first kappa shape index (κ1) is 13.5. The summed E-state index contributed by atoms with van der Waals surface area (Å²) in [5.41, 5.74) is 6.71. The van der Waals surface area contributed by atoms with Gasteiger partial charge in [-0.05, 0) is 5.57 Å². The maximum absolute atomic E-state index is 10.2. The number of nitrogens with two attached hydrogens (primary N) is 1. The summed E-state index contributed by atoms with van der Waals surface area (Å²) in [5, 5.41) is 29.8. The molecule has 5 N–H and O–H groups in total. The number of terminal acetylenes is 1. The average Bonchev–Trinajstić information content (AvgIpc) is 3.02. The molecule has 4 atom stereocenters. The van der Waals surface area contributed by atoms with E-state index in [9.17, 15) is 15.3 Å². The summed E-state index contributed by atoms with van der Waals surface area (Å²) < 4.78 is 1.55. The number of hydrogen-bond donors (Lipinski definition) is 4. The van der Waals surface area contributed by atoms with Crippen molar-refractivity contribution in [1.29, 1.82) is 0 Å². The summed E-state index contributed by atoms with van der Waals surface area (Å²) in [6, 6.07) is -0.655. The zero-order valence-corrected chi connectivity index (χ0v) is 10.8. The molecular formula is C13H13N5O3. The van der Waals surface area contributed by atoms with Crippen LogP contribution in [0.2, 0.25) is 0 Å². The summed E-state index contributed by atoms with van der Waals surface area (Å²) in [6.07, 6.45) is 5.71. The molecule has 0 aliphatic heterocycles. The van der Waals surface area contributed by atoms with Crippen molar-refractivity contribution in [2.75, 3.05) is 5.73 Å². The highest BCUT2D eigenvalue weighted by Gasteiger charge is 2.38. The Kier molecular flexibility index (Phi) is 3.10. The number of aliphatic hydroxyl groups excluding tert-OH is 3. The van der Waals surface area contributed by atoms with Crippen LogP contribution in [0.1, 0.15) is 6.04 Å². The average molecular weight is 287 g/mol. The minimum Gasteiger partial charge on any atom is -0.388 e. The molecule has 2 aromatic heterocycles. The van der Waals surface area contributed by atoms with E-state index in [1.165, 1.54) is 18.7 Å². The van der Waals surface area contributed by atoms with Gasteiger partial charge in [0.1, 0.15) is 30.2 Å². The lowest BCUT2D eigenvalue weighted by Gasteiger charge is -2.19. The Morgan fingerprint density at radius 1 is 1.33 bits per heavy atom. The molecule has 0 saturated heterocycles. The lowest BCUT2D eigenvalue weighted by Crippen LogP contribution is -2.31. The van der Waals surface area contributed by atoms with Crippen LogP contribution in [-0.2, 0) is 0 Å². The maximum atomic E-state index is 10.2. The summed E-state index contributed by atoms with van der Waals surface area (Å²) >= 11 is 0. The third-order valence-corrected chi connectivity index (χ3v) is 3.56. The van der Waals surface area contributed by atoms with E-state index in [1.54, 1.807) is 4.57 Å². The molecule has 2 aromatic rings. The number of aliphatic hydroxyl groups is 3. The standard InChI is InChI=1S/C13H13N5O3/c1-2-8(19)6-3-7(11(21)10(6)20)18-5-17-9-12(14)15-4-16-13(9)18/h1,3-5,7-8,10-11,19-21H,(H2,14,15,16)/t7-,8-,10-,11+/m1/s1. The normalized spacial score (nSPS) is 26.6. The second-order valence-electron chi connectivity index (χ2n) is 4.74. The zero-order valence-electron chi connectivity index (χ0n) is 10.8. The van der Waals surface area contributed by atoms with Crippen molar-refractivity contribution in [3.8, 4) is 12.3 Å². The van der Waals surface area contributed by atoms with Gasteiger partial charge in [-0.15, -0.1) is 6.42 Å². The van der Waals surface area contributed by atoms with Crippen molar-refractivity contribution in [3.05, 3.63) is 24.3 Å². The molecule has 108 valence electrons. The van der Waals surface area contributed by atoms with Gasteiger partial charge in [0.2, 0.25) is 0 Å². The molecule has 3 rings (SSSR count). The van der Waals surface area contributed by atoms with Gasteiger partial charge in [0.15, 0.2) is 11.5 Å². The van der Waals surface area contributed by atoms with E-state index in [-0.39, 0.29) is 11.4 Å².